The lowest BCUT2D eigenvalue weighted by molar-refractivity contribution is 0.221. The van der Waals surface area contributed by atoms with Gasteiger partial charge in [0.2, 0.25) is 5.88 Å². The van der Waals surface area contributed by atoms with Crippen molar-refractivity contribution in [1.82, 2.24) is 10.2 Å². The minimum atomic E-state index is 0.398. The summed E-state index contributed by atoms with van der Waals surface area (Å²) in [7, 11) is 0. The van der Waals surface area contributed by atoms with Crippen molar-refractivity contribution < 1.29 is 4.52 Å². The molecule has 2 aromatic carbocycles. The van der Waals surface area contributed by atoms with Crippen LogP contribution in [0, 0.1) is 6.92 Å². The zero-order valence-electron chi connectivity index (χ0n) is 15.7. The van der Waals surface area contributed by atoms with Crippen LogP contribution in [0.1, 0.15) is 37.5 Å². The Morgan fingerprint density at radius 1 is 1.23 bits per heavy atom. The monoisotopic (exact) mass is 348 g/mol. The Hall–Kier alpha value is -2.82. The fraction of sp³-hybridized carbons (Fsp3) is 0.333. The van der Waals surface area contributed by atoms with Gasteiger partial charge in [-0.25, -0.2) is 0 Å². The molecular weight excluding hydrogens is 324 g/mol. The van der Waals surface area contributed by atoms with Crippen LogP contribution in [0.15, 0.2) is 40.0 Å². The third-order valence-corrected chi connectivity index (χ3v) is 4.90. The second-order valence-corrected chi connectivity index (χ2v) is 7.05. The van der Waals surface area contributed by atoms with E-state index in [1.165, 1.54) is 16.7 Å². The minimum absolute atomic E-state index is 0.398. The second kappa shape index (κ2) is 6.48. The zero-order chi connectivity index (χ0) is 18.3. The molecule has 0 radical (unpaired) electrons. The first kappa shape index (κ1) is 16.6. The largest absolute Gasteiger partial charge is 0.354 e. The minimum Gasteiger partial charge on any atom is -0.354 e. The van der Waals surface area contributed by atoms with Crippen LogP contribution in [0.5, 0.6) is 0 Å². The number of aromatic nitrogens is 1. The van der Waals surface area contributed by atoms with Gasteiger partial charge in [0.1, 0.15) is 5.52 Å². The average Bonchev–Trinajstić information content (AvgIpc) is 3.04. The van der Waals surface area contributed by atoms with Gasteiger partial charge in [-0.2, -0.15) is 5.10 Å². The van der Waals surface area contributed by atoms with Gasteiger partial charge in [0, 0.05) is 23.7 Å². The number of anilines is 1. The highest BCUT2D eigenvalue weighted by atomic mass is 16.5. The molecule has 2 heterocycles. The van der Waals surface area contributed by atoms with E-state index in [0.29, 0.717) is 6.04 Å². The number of hydrogen-bond donors (Lipinski definition) is 1. The van der Waals surface area contributed by atoms with E-state index in [1.54, 1.807) is 0 Å². The van der Waals surface area contributed by atoms with E-state index in [4.69, 9.17) is 4.52 Å². The van der Waals surface area contributed by atoms with Crippen LogP contribution in [0.4, 0.5) is 5.88 Å². The summed E-state index contributed by atoms with van der Waals surface area (Å²) < 4.78 is 5.53. The molecule has 1 aliphatic rings. The van der Waals surface area contributed by atoms with Crippen molar-refractivity contribution in [3.63, 3.8) is 0 Å². The topological polar surface area (TPSA) is 53.7 Å². The molecule has 0 saturated carbocycles. The van der Waals surface area contributed by atoms with Gasteiger partial charge >= 0.3 is 0 Å². The highest BCUT2D eigenvalue weighted by Gasteiger charge is 2.18. The lowest BCUT2D eigenvalue weighted by atomic mass is 9.94. The number of fused-ring (bicyclic) bond motifs is 2. The van der Waals surface area contributed by atoms with Crippen LogP contribution in [-0.2, 0) is 6.54 Å². The molecule has 1 N–H and O–H groups in total. The molecule has 0 bridgehead atoms. The van der Waals surface area contributed by atoms with Crippen LogP contribution >= 0.6 is 0 Å². The Bertz CT molecular complexity index is 987. The van der Waals surface area contributed by atoms with E-state index >= 15 is 0 Å². The lowest BCUT2D eigenvalue weighted by Crippen LogP contribution is -2.28. The predicted molar refractivity (Wildman–Crippen MR) is 107 cm³/mol. The summed E-state index contributed by atoms with van der Waals surface area (Å²) in [5, 5.41) is 15.3. The quantitative estimate of drug-likeness (QED) is 0.736. The Labute approximate surface area is 153 Å². The Morgan fingerprint density at radius 3 is 2.85 bits per heavy atom. The third-order valence-electron chi connectivity index (χ3n) is 4.90. The SMILES string of the molecule is CCNc1onc2c(-c3ccc4c(c3)C=NN(C(C)C)C4)c(C)ccc12. The molecule has 3 aromatic rings. The third kappa shape index (κ3) is 2.73. The lowest BCUT2D eigenvalue weighted by Gasteiger charge is -2.27. The maximum atomic E-state index is 5.53. The molecule has 0 atom stereocenters. The number of nitrogens with one attached hydrogen (secondary N) is 1. The first-order chi connectivity index (χ1) is 12.6. The molecule has 134 valence electrons. The molecule has 0 aliphatic carbocycles. The van der Waals surface area contributed by atoms with Gasteiger partial charge in [0.05, 0.1) is 18.1 Å². The fourth-order valence-electron chi connectivity index (χ4n) is 3.45. The molecule has 4 rings (SSSR count). The molecule has 0 fully saturated rings. The number of aryl methyl sites for hydroxylation is 1. The van der Waals surface area contributed by atoms with E-state index in [-0.39, 0.29) is 0 Å². The normalized spacial score (nSPS) is 13.5. The molecule has 0 saturated heterocycles. The van der Waals surface area contributed by atoms with Gasteiger partial charge in [0.25, 0.3) is 0 Å². The van der Waals surface area contributed by atoms with Crippen LogP contribution in [0.2, 0.25) is 0 Å². The van der Waals surface area contributed by atoms with Gasteiger partial charge in [0.15, 0.2) is 0 Å². The van der Waals surface area contributed by atoms with Crippen molar-refractivity contribution >= 4 is 23.0 Å². The van der Waals surface area contributed by atoms with Crippen LogP contribution in [0.25, 0.3) is 22.0 Å². The van der Waals surface area contributed by atoms with E-state index in [0.717, 1.165) is 41.0 Å². The van der Waals surface area contributed by atoms with Gasteiger partial charge < -0.3 is 9.84 Å². The summed E-state index contributed by atoms with van der Waals surface area (Å²) in [5.41, 5.74) is 6.83. The maximum Gasteiger partial charge on any atom is 0.232 e. The number of nitrogens with zero attached hydrogens (tertiary/aromatic N) is 3. The summed E-state index contributed by atoms with van der Waals surface area (Å²) >= 11 is 0. The van der Waals surface area contributed by atoms with Crippen molar-refractivity contribution in [2.75, 3.05) is 11.9 Å². The number of hydrogen-bond acceptors (Lipinski definition) is 5. The van der Waals surface area contributed by atoms with E-state index in [9.17, 15) is 0 Å². The highest BCUT2D eigenvalue weighted by Crippen LogP contribution is 2.35. The molecule has 26 heavy (non-hydrogen) atoms. The second-order valence-electron chi connectivity index (χ2n) is 7.05. The molecule has 5 heteroatoms. The molecule has 5 nitrogen and oxygen atoms in total. The Morgan fingerprint density at radius 2 is 2.08 bits per heavy atom. The molecule has 0 spiro atoms. The highest BCUT2D eigenvalue weighted by molar-refractivity contribution is 6.01. The smallest absolute Gasteiger partial charge is 0.232 e. The number of hydrazone groups is 1. The molecule has 1 aliphatic heterocycles. The first-order valence-corrected chi connectivity index (χ1v) is 9.15. The number of rotatable bonds is 4. The fourth-order valence-corrected chi connectivity index (χ4v) is 3.45. The summed E-state index contributed by atoms with van der Waals surface area (Å²) in [5.74, 6) is 0.732. The van der Waals surface area contributed by atoms with Crippen LogP contribution in [0.3, 0.4) is 0 Å². The maximum absolute atomic E-state index is 5.53. The van der Waals surface area contributed by atoms with Crippen LogP contribution in [-0.4, -0.2) is 29.0 Å². The molecular formula is C21H24N4O. The van der Waals surface area contributed by atoms with Gasteiger partial charge in [-0.3, -0.25) is 5.01 Å². The molecule has 0 unspecified atom stereocenters. The van der Waals surface area contributed by atoms with Crippen molar-refractivity contribution in [2.45, 2.75) is 40.3 Å². The number of benzene rings is 2. The predicted octanol–water partition coefficient (Wildman–Crippen LogP) is 4.79. The van der Waals surface area contributed by atoms with Gasteiger partial charge in [-0.15, -0.1) is 0 Å². The standard InChI is InChI=1S/C21H24N4O/c1-5-22-21-18-9-6-14(4)19(20(18)24-26-21)15-7-8-16-12-25(13(2)3)23-11-17(16)10-15/h6-11,13,22H,5,12H2,1-4H3. The first-order valence-electron chi connectivity index (χ1n) is 9.15. The zero-order valence-corrected chi connectivity index (χ0v) is 15.7. The average molecular weight is 348 g/mol. The van der Waals surface area contributed by atoms with Gasteiger partial charge in [-0.05, 0) is 56.5 Å². The van der Waals surface area contributed by atoms with Gasteiger partial charge in [-0.1, -0.05) is 23.4 Å². The Balaban J connectivity index is 1.81. The summed E-state index contributed by atoms with van der Waals surface area (Å²) in [6.45, 7) is 10.1. The van der Waals surface area contributed by atoms with Crippen molar-refractivity contribution in [3.05, 3.63) is 47.0 Å². The summed E-state index contributed by atoms with van der Waals surface area (Å²) in [6.07, 6.45) is 1.96. The van der Waals surface area contributed by atoms with E-state index in [1.807, 2.05) is 13.1 Å². The van der Waals surface area contributed by atoms with Crippen molar-refractivity contribution in [3.8, 4) is 11.1 Å². The van der Waals surface area contributed by atoms with E-state index < -0.39 is 0 Å². The molecule has 1 aromatic heterocycles. The summed E-state index contributed by atoms with van der Waals surface area (Å²) in [4.78, 5) is 0. The van der Waals surface area contributed by atoms with Crippen molar-refractivity contribution in [1.29, 1.82) is 0 Å². The van der Waals surface area contributed by atoms with E-state index in [2.05, 4.69) is 71.7 Å². The van der Waals surface area contributed by atoms with Crippen molar-refractivity contribution in [2.24, 2.45) is 5.10 Å². The Kier molecular flexibility index (Phi) is 4.15. The summed E-state index contributed by atoms with van der Waals surface area (Å²) in [6, 6.07) is 11.2. The molecule has 0 amide bonds. The van der Waals surface area contributed by atoms with Crippen LogP contribution < -0.4 is 5.32 Å².